The molecule has 0 aliphatic carbocycles. The van der Waals surface area contributed by atoms with Crippen molar-refractivity contribution >= 4 is 85.7 Å². The molecule has 6 heterocycles. The van der Waals surface area contributed by atoms with Crippen molar-refractivity contribution in [3.8, 4) is 45.3 Å². The summed E-state index contributed by atoms with van der Waals surface area (Å²) in [6.07, 6.45) is 3.12. The molecule has 6 aromatic carbocycles. The summed E-state index contributed by atoms with van der Waals surface area (Å²) in [4.78, 5) is 50.2. The number of carbonyl (C=O) groups is 3. The van der Waals surface area contributed by atoms with Gasteiger partial charge in [0.2, 0.25) is 17.7 Å². The largest absolute Gasteiger partial charge is 0.496 e. The molecule has 9 aromatic rings. The molecule has 12 rings (SSSR count). The molecular weight excluding hydrogens is 1140 g/mol. The van der Waals surface area contributed by atoms with E-state index in [1.54, 1.807) is 42.4 Å². The van der Waals surface area contributed by atoms with Crippen molar-refractivity contribution in [3.05, 3.63) is 150 Å². The van der Waals surface area contributed by atoms with Crippen LogP contribution in [-0.2, 0) is 34.0 Å². The van der Waals surface area contributed by atoms with Gasteiger partial charge in [-0.3, -0.25) is 14.4 Å². The van der Waals surface area contributed by atoms with Crippen molar-refractivity contribution in [1.82, 2.24) is 28.4 Å². The van der Waals surface area contributed by atoms with Crippen molar-refractivity contribution in [2.24, 2.45) is 0 Å². The lowest BCUT2D eigenvalue weighted by atomic mass is 9.99. The van der Waals surface area contributed by atoms with Gasteiger partial charge in [-0.15, -0.1) is 35.3 Å². The van der Waals surface area contributed by atoms with E-state index in [9.17, 15) is 14.4 Å². The quantitative estimate of drug-likeness (QED) is 0.0839. The van der Waals surface area contributed by atoms with E-state index < -0.39 is 0 Å². The fourth-order valence-corrected chi connectivity index (χ4v) is 17.2. The summed E-state index contributed by atoms with van der Waals surface area (Å²) < 4.78 is 18.8. The van der Waals surface area contributed by atoms with Crippen molar-refractivity contribution in [2.45, 2.75) is 145 Å². The van der Waals surface area contributed by atoms with Gasteiger partial charge in [0, 0.05) is 134 Å². The topological polar surface area (TPSA) is 94.2 Å². The van der Waals surface area contributed by atoms with Crippen LogP contribution in [0.2, 0.25) is 0 Å². The monoisotopic (exact) mass is 1220 g/mol. The average Bonchev–Trinajstić information content (AvgIpc) is 1.67. The van der Waals surface area contributed by atoms with Gasteiger partial charge in [-0.25, -0.2) is 0 Å². The lowest BCUT2D eigenvalue weighted by Gasteiger charge is -2.30. The molecule has 3 atom stereocenters. The third kappa shape index (κ3) is 11.7. The van der Waals surface area contributed by atoms with Crippen LogP contribution >= 0.6 is 35.3 Å². The minimum absolute atomic E-state index is 0.178. The minimum Gasteiger partial charge on any atom is -0.496 e. The zero-order valence-corrected chi connectivity index (χ0v) is 55.4. The molecule has 0 fully saturated rings. The first-order valence-electron chi connectivity index (χ1n) is 31.7. The van der Waals surface area contributed by atoms with Crippen LogP contribution in [0.15, 0.2) is 142 Å². The number of para-hydroxylation sites is 1. The van der Waals surface area contributed by atoms with E-state index in [-0.39, 0.29) is 33.5 Å². The summed E-state index contributed by atoms with van der Waals surface area (Å²) >= 11 is 5.08. The van der Waals surface area contributed by atoms with Crippen molar-refractivity contribution in [2.75, 3.05) is 53.0 Å². The van der Waals surface area contributed by atoms with Gasteiger partial charge >= 0.3 is 0 Å². The Bertz CT molecular complexity index is 3960. The summed E-state index contributed by atoms with van der Waals surface area (Å²) in [6.45, 7) is 30.9. The fraction of sp³-hybridized carbons (Fsp3) is 0.384. The lowest BCUT2D eigenvalue weighted by Crippen LogP contribution is -2.34. The van der Waals surface area contributed by atoms with Gasteiger partial charge in [0.05, 0.1) is 36.3 Å². The smallest absolute Gasteiger partial charge is 0.240 e. The zero-order valence-electron chi connectivity index (χ0n) is 53.0. The standard InChI is InChI=1S/C25H30N2O2S.C24H28N2O2S.C24H28N2OS/c1-5-15-27-20-14-13-17(29-8-4)16-19(20)22-23(27)18-11-9-10-12-21(18)30-24(22)25(28)26(6-2)7-3;1-5-15-26-17-12-10-13-18(28-4)20(17)21-22(26)16-11-8-9-14-19(16)29-23(21)24(27)25(6-2)7-3;1-5-14-26-19-11-9-8-10-17(19)21-22(26)18-13-12-16(4)15-20(18)28-23(21)24(27)25(6-2)7-3/h9-14,16,24H,5-8,15H2,1-4H3;8-14,23H,5-7,15H2,1-4H3;8-13,15,23H,5-7,14H2,1-4H3. The Morgan fingerprint density at radius 2 is 0.885 bits per heavy atom. The molecule has 87 heavy (non-hydrogen) atoms. The van der Waals surface area contributed by atoms with E-state index in [1.807, 2.05) is 53.7 Å². The second kappa shape index (κ2) is 28.0. The molecule has 14 heteroatoms. The van der Waals surface area contributed by atoms with E-state index in [0.29, 0.717) is 19.7 Å². The second-order valence-electron chi connectivity index (χ2n) is 22.2. The maximum atomic E-state index is 13.6. The van der Waals surface area contributed by atoms with Crippen LogP contribution in [0, 0.1) is 6.92 Å². The maximum absolute atomic E-state index is 13.6. The number of hydrogen-bond donors (Lipinski definition) is 0. The summed E-state index contributed by atoms with van der Waals surface area (Å²) in [5, 5.41) is 2.73. The van der Waals surface area contributed by atoms with Gasteiger partial charge in [-0.05, 0) is 135 Å². The van der Waals surface area contributed by atoms with Gasteiger partial charge in [-0.2, -0.15) is 0 Å². The molecule has 11 nitrogen and oxygen atoms in total. The van der Waals surface area contributed by atoms with Crippen molar-refractivity contribution in [3.63, 3.8) is 0 Å². The van der Waals surface area contributed by atoms with E-state index in [2.05, 4.69) is 178 Å². The number of rotatable bonds is 18. The molecule has 0 spiro atoms. The van der Waals surface area contributed by atoms with Crippen LogP contribution in [0.4, 0.5) is 0 Å². The lowest BCUT2D eigenvalue weighted by molar-refractivity contribution is -0.131. The highest BCUT2D eigenvalue weighted by molar-refractivity contribution is 8.01. The number of aromatic nitrogens is 3. The molecule has 0 saturated carbocycles. The SMILES string of the molecule is CCCn1c2c(c3c(OC)cccc31)C(C(=O)N(CC)CC)Sc1ccccc1-2.CCCn1c2c(c3cc(OCC)ccc31)C(C(=O)N(CC)CC)Sc1ccccc1-2.CCCn1c2c(c3ccccc31)C(C(=O)N(CC)CC)Sc1cc(C)ccc1-2. The third-order valence-corrected chi connectivity index (χ3v) is 21.0. The molecule has 3 aliphatic heterocycles. The second-order valence-corrected chi connectivity index (χ2v) is 25.7. The van der Waals surface area contributed by atoms with E-state index in [4.69, 9.17) is 9.47 Å². The number of ether oxygens (including phenoxy) is 2. The predicted molar refractivity (Wildman–Crippen MR) is 365 cm³/mol. The number of amides is 3. The Balaban J connectivity index is 0.000000145. The van der Waals surface area contributed by atoms with Crippen LogP contribution in [0.25, 0.3) is 66.5 Å². The molecular formula is C73H86N6O5S3. The van der Waals surface area contributed by atoms with Crippen LogP contribution in [-0.4, -0.2) is 99.1 Å². The van der Waals surface area contributed by atoms with Gasteiger partial charge in [-0.1, -0.05) is 93.6 Å². The highest BCUT2D eigenvalue weighted by atomic mass is 32.2. The molecule has 0 saturated heterocycles. The van der Waals surface area contributed by atoms with Crippen molar-refractivity contribution < 1.29 is 23.9 Å². The molecule has 3 unspecified atom stereocenters. The Morgan fingerprint density at radius 3 is 1.40 bits per heavy atom. The average molecular weight is 1220 g/mol. The predicted octanol–water partition coefficient (Wildman–Crippen LogP) is 17.9. The molecule has 3 aliphatic rings. The number of likely N-dealkylation sites (N-methyl/N-ethyl adjacent to an activating group) is 3. The Hall–Kier alpha value is -7.00. The highest BCUT2D eigenvalue weighted by Crippen LogP contribution is 2.57. The summed E-state index contributed by atoms with van der Waals surface area (Å²) in [5.74, 6) is 2.29. The molecule has 3 amide bonds. The Kier molecular flexibility index (Phi) is 20.3. The maximum Gasteiger partial charge on any atom is 0.240 e. The number of aryl methyl sites for hydroxylation is 4. The first-order chi connectivity index (χ1) is 42.4. The fourth-order valence-electron chi connectivity index (χ4n) is 13.2. The van der Waals surface area contributed by atoms with E-state index in [1.165, 1.54) is 76.0 Å². The van der Waals surface area contributed by atoms with E-state index in [0.717, 1.165) is 104 Å². The zero-order chi connectivity index (χ0) is 61.6. The Morgan fingerprint density at radius 1 is 0.448 bits per heavy atom. The van der Waals surface area contributed by atoms with Gasteiger partial charge in [0.25, 0.3) is 0 Å². The number of thioether (sulfide) groups is 3. The summed E-state index contributed by atoms with van der Waals surface area (Å²) in [7, 11) is 1.71. The van der Waals surface area contributed by atoms with Crippen molar-refractivity contribution in [1.29, 1.82) is 0 Å². The van der Waals surface area contributed by atoms with Gasteiger partial charge in [0.15, 0.2) is 0 Å². The normalized spacial score (nSPS) is 15.1. The number of nitrogens with zero attached hydrogens (tertiary/aromatic N) is 6. The third-order valence-electron chi connectivity index (χ3n) is 17.1. The highest BCUT2D eigenvalue weighted by Gasteiger charge is 2.41. The molecule has 0 N–H and O–H groups in total. The van der Waals surface area contributed by atoms with Crippen LogP contribution in [0.1, 0.15) is 127 Å². The number of carbonyl (C=O) groups excluding carboxylic acids is 3. The van der Waals surface area contributed by atoms with Crippen LogP contribution < -0.4 is 9.47 Å². The minimum atomic E-state index is -0.267. The number of hydrogen-bond acceptors (Lipinski definition) is 8. The van der Waals surface area contributed by atoms with Crippen LogP contribution in [0.5, 0.6) is 11.5 Å². The summed E-state index contributed by atoms with van der Waals surface area (Å²) in [5.41, 5.74) is 15.5. The molecule has 0 radical (unpaired) electrons. The van der Waals surface area contributed by atoms with Crippen LogP contribution in [0.3, 0.4) is 0 Å². The van der Waals surface area contributed by atoms with Gasteiger partial charge in [0.1, 0.15) is 27.2 Å². The first kappa shape index (κ1) is 63.0. The Labute approximate surface area is 528 Å². The number of benzene rings is 6. The molecule has 3 aromatic heterocycles. The van der Waals surface area contributed by atoms with Gasteiger partial charge < -0.3 is 37.9 Å². The first-order valence-corrected chi connectivity index (χ1v) is 34.3. The number of methoxy groups -OCH3 is 1. The summed E-state index contributed by atoms with van der Waals surface area (Å²) in [6, 6.07) is 44.7. The molecule has 456 valence electrons. The van der Waals surface area contributed by atoms with E-state index >= 15 is 0 Å². The number of fused-ring (bicyclic) bond motifs is 15. The molecule has 0 bridgehead atoms.